The standard InChI is InChI=1S/C18H13Cl3OSi/c19-13-4-1-7-16(10-13)23(22,17-8-2-5-14(20)11-17)18-9-3-6-15(21)12-18/h1-12,22H. The first-order valence-corrected chi connectivity index (χ1v) is 10.1. The third-order valence-corrected chi connectivity index (χ3v) is 7.87. The maximum Gasteiger partial charge on any atom is 0.285 e. The zero-order chi connectivity index (χ0) is 16.4. The molecule has 0 fully saturated rings. The van der Waals surface area contributed by atoms with Crippen molar-refractivity contribution in [3.63, 3.8) is 0 Å². The fourth-order valence-corrected chi connectivity index (χ4v) is 6.59. The van der Waals surface area contributed by atoms with Crippen LogP contribution in [0.2, 0.25) is 15.1 Å². The van der Waals surface area contributed by atoms with Crippen LogP contribution in [0.3, 0.4) is 0 Å². The van der Waals surface area contributed by atoms with Gasteiger partial charge in [-0.15, -0.1) is 0 Å². The van der Waals surface area contributed by atoms with Crippen LogP contribution in [-0.4, -0.2) is 13.1 Å². The highest BCUT2D eigenvalue weighted by molar-refractivity contribution is 7.06. The Morgan fingerprint density at radius 3 is 1.13 bits per heavy atom. The topological polar surface area (TPSA) is 20.2 Å². The molecule has 3 aromatic carbocycles. The van der Waals surface area contributed by atoms with Gasteiger partial charge in [-0.25, -0.2) is 0 Å². The predicted molar refractivity (Wildman–Crippen MR) is 101 cm³/mol. The molecular formula is C18H13Cl3OSi. The van der Waals surface area contributed by atoms with Crippen LogP contribution in [-0.2, 0) is 0 Å². The van der Waals surface area contributed by atoms with Crippen LogP contribution < -0.4 is 15.6 Å². The summed E-state index contributed by atoms with van der Waals surface area (Å²) in [4.78, 5) is 11.8. The van der Waals surface area contributed by atoms with Crippen molar-refractivity contribution in [3.05, 3.63) is 87.9 Å². The first kappa shape index (κ1) is 16.6. The number of hydrogen-bond acceptors (Lipinski definition) is 1. The highest BCUT2D eigenvalue weighted by Gasteiger charge is 2.38. The third kappa shape index (κ3) is 3.32. The van der Waals surface area contributed by atoms with Crippen LogP contribution in [0.25, 0.3) is 0 Å². The zero-order valence-corrected chi connectivity index (χ0v) is 15.3. The van der Waals surface area contributed by atoms with Gasteiger partial charge in [-0.05, 0) is 52.0 Å². The van der Waals surface area contributed by atoms with Gasteiger partial charge in [0.05, 0.1) is 0 Å². The molecule has 0 saturated carbocycles. The number of halogens is 3. The molecule has 3 aromatic rings. The highest BCUT2D eigenvalue weighted by Crippen LogP contribution is 2.14. The summed E-state index contributed by atoms with van der Waals surface area (Å²) >= 11 is 18.4. The Kier molecular flexibility index (Phi) is 4.81. The first-order chi connectivity index (χ1) is 11.0. The van der Waals surface area contributed by atoms with E-state index in [0.717, 1.165) is 15.6 Å². The maximum atomic E-state index is 11.8. The Morgan fingerprint density at radius 1 is 0.565 bits per heavy atom. The van der Waals surface area contributed by atoms with Crippen LogP contribution in [0, 0.1) is 0 Å². The minimum absolute atomic E-state index is 0.581. The van der Waals surface area contributed by atoms with Crippen molar-refractivity contribution >= 4 is 58.7 Å². The van der Waals surface area contributed by atoms with E-state index in [-0.39, 0.29) is 0 Å². The van der Waals surface area contributed by atoms with E-state index in [1.165, 1.54) is 0 Å². The summed E-state index contributed by atoms with van der Waals surface area (Å²) in [6, 6.07) is 21.9. The van der Waals surface area contributed by atoms with Crippen molar-refractivity contribution in [2.24, 2.45) is 0 Å². The summed E-state index contributed by atoms with van der Waals surface area (Å²) in [7, 11) is -3.23. The Labute approximate surface area is 151 Å². The first-order valence-electron chi connectivity index (χ1n) is 7.00. The van der Waals surface area contributed by atoms with Crippen LogP contribution in [0.5, 0.6) is 0 Å². The second kappa shape index (κ2) is 6.68. The number of rotatable bonds is 3. The SMILES string of the molecule is O[Si](c1cccc(Cl)c1)(c1cccc(Cl)c1)c1cccc(Cl)c1. The van der Waals surface area contributed by atoms with Crippen molar-refractivity contribution in [2.45, 2.75) is 0 Å². The van der Waals surface area contributed by atoms with Crippen molar-refractivity contribution in [2.75, 3.05) is 0 Å². The molecule has 0 radical (unpaired) electrons. The minimum Gasteiger partial charge on any atom is -0.421 e. The summed E-state index contributed by atoms with van der Waals surface area (Å²) in [6.45, 7) is 0. The van der Waals surface area contributed by atoms with E-state index in [9.17, 15) is 4.80 Å². The van der Waals surface area contributed by atoms with Gasteiger partial charge in [-0.1, -0.05) is 71.2 Å². The lowest BCUT2D eigenvalue weighted by Crippen LogP contribution is -2.67. The van der Waals surface area contributed by atoms with Crippen LogP contribution >= 0.6 is 34.8 Å². The Balaban J connectivity index is 2.29. The van der Waals surface area contributed by atoms with Crippen LogP contribution in [0.4, 0.5) is 0 Å². The average Bonchev–Trinajstić information content (AvgIpc) is 2.54. The second-order valence-electron chi connectivity index (χ2n) is 5.24. The lowest BCUT2D eigenvalue weighted by molar-refractivity contribution is 0.583. The van der Waals surface area contributed by atoms with Gasteiger partial charge in [-0.2, -0.15) is 0 Å². The van der Waals surface area contributed by atoms with Gasteiger partial charge in [-0.3, -0.25) is 0 Å². The van der Waals surface area contributed by atoms with E-state index in [1.54, 1.807) is 36.4 Å². The molecule has 0 bridgehead atoms. The number of hydrogen-bond donors (Lipinski definition) is 1. The van der Waals surface area contributed by atoms with Gasteiger partial charge in [0.15, 0.2) is 0 Å². The molecule has 0 aliphatic carbocycles. The van der Waals surface area contributed by atoms with E-state index < -0.39 is 8.32 Å². The fourth-order valence-electron chi connectivity index (χ4n) is 2.64. The normalized spacial score (nSPS) is 11.5. The van der Waals surface area contributed by atoms with Crippen molar-refractivity contribution in [3.8, 4) is 0 Å². The number of benzene rings is 3. The molecule has 0 amide bonds. The van der Waals surface area contributed by atoms with E-state index in [0.29, 0.717) is 15.1 Å². The molecule has 0 atom stereocenters. The summed E-state index contributed by atoms with van der Waals surface area (Å²) in [5, 5.41) is 4.10. The summed E-state index contributed by atoms with van der Waals surface area (Å²) in [5.74, 6) is 0. The molecule has 0 spiro atoms. The molecule has 116 valence electrons. The summed E-state index contributed by atoms with van der Waals surface area (Å²) in [6.07, 6.45) is 0. The molecule has 0 unspecified atom stereocenters. The van der Waals surface area contributed by atoms with E-state index in [2.05, 4.69) is 0 Å². The third-order valence-electron chi connectivity index (χ3n) is 3.73. The molecule has 1 N–H and O–H groups in total. The predicted octanol–water partition coefficient (Wildman–Crippen LogP) is 3.61. The van der Waals surface area contributed by atoms with Crippen LogP contribution in [0.1, 0.15) is 0 Å². The largest absolute Gasteiger partial charge is 0.421 e. The zero-order valence-electron chi connectivity index (χ0n) is 12.0. The minimum atomic E-state index is -3.23. The fraction of sp³-hybridized carbons (Fsp3) is 0. The van der Waals surface area contributed by atoms with Crippen molar-refractivity contribution in [1.29, 1.82) is 0 Å². The summed E-state index contributed by atoms with van der Waals surface area (Å²) < 4.78 is 0. The molecule has 0 saturated heterocycles. The quantitative estimate of drug-likeness (QED) is 0.544. The van der Waals surface area contributed by atoms with Gasteiger partial charge >= 0.3 is 0 Å². The monoisotopic (exact) mass is 378 g/mol. The maximum absolute atomic E-state index is 11.8. The average molecular weight is 380 g/mol. The Bertz CT molecular complexity index is 740. The molecule has 5 heteroatoms. The molecule has 0 heterocycles. The second-order valence-corrected chi connectivity index (χ2v) is 9.70. The Hall–Kier alpha value is -1.29. The summed E-state index contributed by atoms with van der Waals surface area (Å²) in [5.41, 5.74) is 0. The van der Waals surface area contributed by atoms with Gasteiger partial charge in [0.25, 0.3) is 8.32 Å². The molecular weight excluding hydrogens is 367 g/mol. The van der Waals surface area contributed by atoms with Gasteiger partial charge < -0.3 is 4.80 Å². The molecule has 0 aromatic heterocycles. The van der Waals surface area contributed by atoms with Gasteiger partial charge in [0.1, 0.15) is 0 Å². The van der Waals surface area contributed by atoms with E-state index in [4.69, 9.17) is 34.8 Å². The molecule has 3 rings (SSSR count). The van der Waals surface area contributed by atoms with E-state index in [1.807, 2.05) is 36.4 Å². The molecule has 0 aliphatic heterocycles. The highest BCUT2D eigenvalue weighted by atomic mass is 35.5. The smallest absolute Gasteiger partial charge is 0.285 e. The lowest BCUT2D eigenvalue weighted by atomic mass is 10.3. The van der Waals surface area contributed by atoms with E-state index >= 15 is 0 Å². The van der Waals surface area contributed by atoms with Gasteiger partial charge in [0.2, 0.25) is 0 Å². The lowest BCUT2D eigenvalue weighted by Gasteiger charge is -2.27. The van der Waals surface area contributed by atoms with Crippen molar-refractivity contribution in [1.82, 2.24) is 0 Å². The Morgan fingerprint density at radius 2 is 0.870 bits per heavy atom. The molecule has 23 heavy (non-hydrogen) atoms. The molecule has 0 aliphatic rings. The van der Waals surface area contributed by atoms with Crippen molar-refractivity contribution < 1.29 is 4.80 Å². The molecule has 1 nitrogen and oxygen atoms in total. The van der Waals surface area contributed by atoms with Gasteiger partial charge in [0, 0.05) is 15.1 Å². The van der Waals surface area contributed by atoms with Crippen LogP contribution in [0.15, 0.2) is 72.8 Å².